The first kappa shape index (κ1) is 18.2. The Hall–Kier alpha value is -1.82. The molecular formula is C16H21ClN2O3. The average Bonchev–Trinajstić information content (AvgIpc) is 3.01. The Morgan fingerprint density at radius 1 is 1.32 bits per heavy atom. The molecule has 1 amide bonds. The maximum Gasteiger partial charge on any atom is 0.254 e. The number of nitrogens with two attached hydrogens (primary N) is 1. The average molecular weight is 325 g/mol. The molecule has 0 saturated carbocycles. The number of halogens is 1. The minimum atomic E-state index is -0.197. The minimum absolute atomic E-state index is 0. The van der Waals surface area contributed by atoms with E-state index in [2.05, 4.69) is 5.32 Å². The van der Waals surface area contributed by atoms with Gasteiger partial charge in [-0.05, 0) is 18.1 Å². The van der Waals surface area contributed by atoms with Gasteiger partial charge in [0.15, 0.2) is 0 Å². The van der Waals surface area contributed by atoms with Crippen LogP contribution in [-0.4, -0.2) is 24.2 Å². The molecule has 1 heterocycles. The number of amides is 1. The summed E-state index contributed by atoms with van der Waals surface area (Å²) in [6.07, 6.45) is 2.00. The standard InChI is InChI=1S/C16H20N2O3.ClH/c17-9-15-8-14(11-21-15)16(20)18-10-13(6-7-19)12-4-2-1-3-5-12;/h1-5,8,11,13,19H,6-7,9-10,17H2,(H,18,20);1H. The number of furan rings is 1. The van der Waals surface area contributed by atoms with Gasteiger partial charge in [-0.15, -0.1) is 12.4 Å². The zero-order chi connectivity index (χ0) is 15.1. The molecular weight excluding hydrogens is 304 g/mol. The molecule has 0 aliphatic carbocycles. The summed E-state index contributed by atoms with van der Waals surface area (Å²) in [7, 11) is 0. The van der Waals surface area contributed by atoms with Crippen LogP contribution in [0.4, 0.5) is 0 Å². The van der Waals surface area contributed by atoms with Crippen LogP contribution in [0.2, 0.25) is 0 Å². The van der Waals surface area contributed by atoms with E-state index in [9.17, 15) is 9.90 Å². The highest BCUT2D eigenvalue weighted by Crippen LogP contribution is 2.18. The first-order chi connectivity index (χ1) is 10.2. The number of aliphatic hydroxyl groups excluding tert-OH is 1. The van der Waals surface area contributed by atoms with Crippen molar-refractivity contribution in [2.45, 2.75) is 18.9 Å². The van der Waals surface area contributed by atoms with Crippen molar-refractivity contribution in [3.05, 3.63) is 59.5 Å². The molecule has 1 atom stereocenters. The topological polar surface area (TPSA) is 88.5 Å². The number of nitrogens with one attached hydrogen (secondary N) is 1. The Morgan fingerprint density at radius 2 is 2.05 bits per heavy atom. The van der Waals surface area contributed by atoms with Crippen molar-refractivity contribution in [1.82, 2.24) is 5.32 Å². The van der Waals surface area contributed by atoms with Crippen LogP contribution in [0.5, 0.6) is 0 Å². The molecule has 0 aliphatic heterocycles. The van der Waals surface area contributed by atoms with Gasteiger partial charge in [0.1, 0.15) is 12.0 Å². The van der Waals surface area contributed by atoms with Crippen LogP contribution in [0.3, 0.4) is 0 Å². The largest absolute Gasteiger partial charge is 0.467 e. The summed E-state index contributed by atoms with van der Waals surface area (Å²) in [4.78, 5) is 12.0. The molecule has 0 radical (unpaired) electrons. The molecule has 120 valence electrons. The van der Waals surface area contributed by atoms with Crippen LogP contribution in [0.15, 0.2) is 47.1 Å². The van der Waals surface area contributed by atoms with Gasteiger partial charge in [-0.3, -0.25) is 4.79 Å². The van der Waals surface area contributed by atoms with Gasteiger partial charge in [0.25, 0.3) is 5.91 Å². The highest BCUT2D eigenvalue weighted by Gasteiger charge is 2.14. The number of benzene rings is 1. The lowest BCUT2D eigenvalue weighted by Crippen LogP contribution is -2.28. The van der Waals surface area contributed by atoms with Crippen LogP contribution < -0.4 is 11.1 Å². The molecule has 0 fully saturated rings. The molecule has 0 bridgehead atoms. The fourth-order valence-electron chi connectivity index (χ4n) is 2.19. The van der Waals surface area contributed by atoms with Crippen LogP contribution in [-0.2, 0) is 6.54 Å². The summed E-state index contributed by atoms with van der Waals surface area (Å²) >= 11 is 0. The van der Waals surface area contributed by atoms with E-state index in [0.29, 0.717) is 24.3 Å². The number of carbonyl (C=O) groups excluding carboxylic acids is 1. The van der Waals surface area contributed by atoms with Crippen molar-refractivity contribution in [2.24, 2.45) is 5.73 Å². The maximum atomic E-state index is 12.0. The van der Waals surface area contributed by atoms with Crippen molar-refractivity contribution >= 4 is 18.3 Å². The smallest absolute Gasteiger partial charge is 0.254 e. The van der Waals surface area contributed by atoms with E-state index in [1.807, 2.05) is 30.3 Å². The number of rotatable bonds is 7. The van der Waals surface area contributed by atoms with Crippen molar-refractivity contribution in [1.29, 1.82) is 0 Å². The molecule has 5 nitrogen and oxygen atoms in total. The Balaban J connectivity index is 0.00000242. The quantitative estimate of drug-likeness (QED) is 0.727. The monoisotopic (exact) mass is 324 g/mol. The number of carbonyl (C=O) groups is 1. The Labute approximate surface area is 135 Å². The van der Waals surface area contributed by atoms with E-state index in [1.165, 1.54) is 6.26 Å². The molecule has 22 heavy (non-hydrogen) atoms. The van der Waals surface area contributed by atoms with Crippen molar-refractivity contribution in [2.75, 3.05) is 13.2 Å². The van der Waals surface area contributed by atoms with Crippen molar-refractivity contribution in [3.8, 4) is 0 Å². The Morgan fingerprint density at radius 3 is 2.64 bits per heavy atom. The lowest BCUT2D eigenvalue weighted by molar-refractivity contribution is 0.0948. The first-order valence-corrected chi connectivity index (χ1v) is 6.96. The zero-order valence-corrected chi connectivity index (χ0v) is 13.0. The lowest BCUT2D eigenvalue weighted by Gasteiger charge is -2.16. The van der Waals surface area contributed by atoms with E-state index in [4.69, 9.17) is 10.2 Å². The van der Waals surface area contributed by atoms with Crippen LogP contribution >= 0.6 is 12.4 Å². The van der Waals surface area contributed by atoms with Gasteiger partial charge < -0.3 is 20.6 Å². The van der Waals surface area contributed by atoms with Gasteiger partial charge in [-0.25, -0.2) is 0 Å². The molecule has 2 aromatic rings. The first-order valence-electron chi connectivity index (χ1n) is 6.96. The van der Waals surface area contributed by atoms with E-state index in [1.54, 1.807) is 6.07 Å². The Kier molecular flexibility index (Phi) is 7.66. The summed E-state index contributed by atoms with van der Waals surface area (Å²) in [6.45, 7) is 0.815. The summed E-state index contributed by atoms with van der Waals surface area (Å²) in [5.41, 5.74) is 7.01. The molecule has 6 heteroatoms. The molecule has 0 aliphatic rings. The maximum absolute atomic E-state index is 12.0. The van der Waals surface area contributed by atoms with E-state index >= 15 is 0 Å². The normalized spacial score (nSPS) is 11.5. The lowest BCUT2D eigenvalue weighted by atomic mass is 9.96. The number of aliphatic hydroxyl groups is 1. The van der Waals surface area contributed by atoms with Crippen LogP contribution in [0.1, 0.15) is 34.0 Å². The Bertz CT molecular complexity index is 572. The highest BCUT2D eigenvalue weighted by atomic mass is 35.5. The predicted molar refractivity (Wildman–Crippen MR) is 87.1 cm³/mol. The third-order valence-corrected chi connectivity index (χ3v) is 3.37. The van der Waals surface area contributed by atoms with Gasteiger partial charge in [0, 0.05) is 19.1 Å². The zero-order valence-electron chi connectivity index (χ0n) is 12.2. The van der Waals surface area contributed by atoms with Crippen LogP contribution in [0.25, 0.3) is 0 Å². The molecule has 1 unspecified atom stereocenters. The minimum Gasteiger partial charge on any atom is -0.467 e. The fraction of sp³-hybridized carbons (Fsp3) is 0.312. The second-order valence-electron chi connectivity index (χ2n) is 4.84. The van der Waals surface area contributed by atoms with Gasteiger partial charge in [0.2, 0.25) is 0 Å². The van der Waals surface area contributed by atoms with Gasteiger partial charge >= 0.3 is 0 Å². The number of hydrogen-bond acceptors (Lipinski definition) is 4. The molecule has 0 saturated heterocycles. The van der Waals surface area contributed by atoms with Crippen molar-refractivity contribution < 1.29 is 14.3 Å². The SMILES string of the molecule is Cl.NCc1cc(C(=O)NCC(CCO)c2ccccc2)co1. The second kappa shape index (κ2) is 9.25. The summed E-state index contributed by atoms with van der Waals surface area (Å²) in [6, 6.07) is 11.5. The second-order valence-corrected chi connectivity index (χ2v) is 4.84. The molecule has 0 spiro atoms. The van der Waals surface area contributed by atoms with Gasteiger partial charge in [-0.2, -0.15) is 0 Å². The van der Waals surface area contributed by atoms with E-state index in [0.717, 1.165) is 5.56 Å². The van der Waals surface area contributed by atoms with Crippen molar-refractivity contribution in [3.63, 3.8) is 0 Å². The third kappa shape index (κ3) is 4.87. The van der Waals surface area contributed by atoms with Gasteiger partial charge in [0.05, 0.1) is 12.1 Å². The molecule has 1 aromatic carbocycles. The summed E-state index contributed by atoms with van der Waals surface area (Å²) in [5, 5.41) is 12.0. The molecule has 1 aromatic heterocycles. The predicted octanol–water partition coefficient (Wildman–Crippen LogP) is 2.06. The third-order valence-electron chi connectivity index (χ3n) is 3.37. The molecule has 4 N–H and O–H groups in total. The number of hydrogen-bond donors (Lipinski definition) is 3. The summed E-state index contributed by atoms with van der Waals surface area (Å²) in [5.74, 6) is 0.466. The molecule has 2 rings (SSSR count). The van der Waals surface area contributed by atoms with E-state index in [-0.39, 0.29) is 37.4 Å². The fourth-order valence-corrected chi connectivity index (χ4v) is 2.19. The summed E-state index contributed by atoms with van der Waals surface area (Å²) < 4.78 is 5.15. The van der Waals surface area contributed by atoms with Gasteiger partial charge in [-0.1, -0.05) is 30.3 Å². The van der Waals surface area contributed by atoms with E-state index < -0.39 is 0 Å². The highest BCUT2D eigenvalue weighted by molar-refractivity contribution is 5.94. The van der Waals surface area contributed by atoms with Crippen LogP contribution in [0, 0.1) is 0 Å².